The summed E-state index contributed by atoms with van der Waals surface area (Å²) in [5.41, 5.74) is 6.50. The Morgan fingerprint density at radius 2 is 2.22 bits per heavy atom. The van der Waals surface area contributed by atoms with Crippen LogP contribution in [0.25, 0.3) is 0 Å². The number of methoxy groups -OCH3 is 1. The van der Waals surface area contributed by atoms with E-state index in [-0.39, 0.29) is 6.54 Å². The second kappa shape index (κ2) is 6.73. The number of hydrogen-bond acceptors (Lipinski definition) is 5. The van der Waals surface area contributed by atoms with Crippen molar-refractivity contribution in [1.29, 1.82) is 0 Å². The number of carbonyl (C=O) groups is 2. The van der Waals surface area contributed by atoms with E-state index in [1.807, 2.05) is 0 Å². The van der Waals surface area contributed by atoms with Gasteiger partial charge in [-0.1, -0.05) is 12.1 Å². The van der Waals surface area contributed by atoms with Gasteiger partial charge in [0, 0.05) is 6.54 Å². The van der Waals surface area contributed by atoms with Gasteiger partial charge in [0.25, 0.3) is 0 Å². The highest BCUT2D eigenvalue weighted by atomic mass is 16.5. The van der Waals surface area contributed by atoms with Crippen molar-refractivity contribution >= 4 is 11.9 Å². The van der Waals surface area contributed by atoms with Crippen LogP contribution in [0.3, 0.4) is 0 Å². The van der Waals surface area contributed by atoms with Crippen LogP contribution in [0.4, 0.5) is 0 Å². The van der Waals surface area contributed by atoms with E-state index in [9.17, 15) is 9.59 Å². The highest BCUT2D eigenvalue weighted by Crippen LogP contribution is 2.06. The van der Waals surface area contributed by atoms with E-state index in [1.165, 1.54) is 7.11 Å². The summed E-state index contributed by atoms with van der Waals surface area (Å²) in [6, 6.07) is 5.76. The van der Waals surface area contributed by atoms with E-state index >= 15 is 0 Å². The maximum absolute atomic E-state index is 11.3. The maximum Gasteiger partial charge on any atom is 0.337 e. The second-order valence-electron chi connectivity index (χ2n) is 3.70. The third-order valence-electron chi connectivity index (χ3n) is 2.35. The van der Waals surface area contributed by atoms with Crippen LogP contribution in [0.15, 0.2) is 24.3 Å². The van der Waals surface area contributed by atoms with Crippen LogP contribution >= 0.6 is 0 Å². The van der Waals surface area contributed by atoms with Crippen LogP contribution in [-0.4, -0.2) is 36.7 Å². The maximum atomic E-state index is 11.3. The van der Waals surface area contributed by atoms with Gasteiger partial charge < -0.3 is 20.9 Å². The molecule has 0 bridgehead atoms. The second-order valence-corrected chi connectivity index (χ2v) is 3.70. The highest BCUT2D eigenvalue weighted by molar-refractivity contribution is 5.89. The summed E-state index contributed by atoms with van der Waals surface area (Å²) >= 11 is 0. The van der Waals surface area contributed by atoms with E-state index in [4.69, 9.17) is 10.8 Å². The van der Waals surface area contributed by atoms with Crippen molar-refractivity contribution in [2.45, 2.75) is 12.6 Å². The minimum absolute atomic E-state index is 0.233. The normalized spacial score (nSPS) is 11.7. The molecule has 1 aromatic rings. The smallest absolute Gasteiger partial charge is 0.337 e. The molecule has 0 unspecified atom stereocenters. The monoisotopic (exact) mass is 252 g/mol. The van der Waals surface area contributed by atoms with Gasteiger partial charge in [0.15, 0.2) is 0 Å². The van der Waals surface area contributed by atoms with E-state index in [0.717, 1.165) is 5.56 Å². The lowest BCUT2D eigenvalue weighted by Gasteiger charge is -2.10. The molecule has 6 nitrogen and oxygen atoms in total. The molecule has 0 aromatic heterocycles. The first-order valence-corrected chi connectivity index (χ1v) is 5.40. The van der Waals surface area contributed by atoms with Crippen LogP contribution in [0.1, 0.15) is 15.9 Å². The Hall–Kier alpha value is -1.92. The predicted molar refractivity (Wildman–Crippen MR) is 64.7 cm³/mol. The molecule has 0 saturated heterocycles. The third kappa shape index (κ3) is 3.83. The van der Waals surface area contributed by atoms with Gasteiger partial charge in [0.1, 0.15) is 6.04 Å². The Bertz CT molecular complexity index is 434. The van der Waals surface area contributed by atoms with Gasteiger partial charge in [-0.25, -0.2) is 4.79 Å². The lowest BCUT2D eigenvalue weighted by Crippen LogP contribution is -2.42. The number of carbonyl (C=O) groups excluding carboxylic acids is 2. The summed E-state index contributed by atoms with van der Waals surface area (Å²) in [6.45, 7) is -0.175. The van der Waals surface area contributed by atoms with E-state index in [2.05, 4.69) is 10.1 Å². The van der Waals surface area contributed by atoms with E-state index in [0.29, 0.717) is 5.56 Å². The zero-order valence-electron chi connectivity index (χ0n) is 10.1. The number of nitrogens with one attached hydrogen (secondary N) is 1. The van der Waals surface area contributed by atoms with Crippen molar-refractivity contribution in [3.05, 3.63) is 35.4 Å². The van der Waals surface area contributed by atoms with Gasteiger partial charge >= 0.3 is 5.97 Å². The van der Waals surface area contributed by atoms with Crippen LogP contribution in [0.2, 0.25) is 0 Å². The van der Waals surface area contributed by atoms with Crippen molar-refractivity contribution in [1.82, 2.24) is 5.32 Å². The molecule has 0 aliphatic heterocycles. The van der Waals surface area contributed by atoms with Crippen LogP contribution in [0, 0.1) is 0 Å². The number of rotatable bonds is 5. The van der Waals surface area contributed by atoms with Crippen LogP contribution in [0.5, 0.6) is 0 Å². The third-order valence-corrected chi connectivity index (χ3v) is 2.35. The van der Waals surface area contributed by atoms with Gasteiger partial charge in [0.2, 0.25) is 5.91 Å². The molecule has 0 saturated carbocycles. The number of ether oxygens (including phenoxy) is 1. The summed E-state index contributed by atoms with van der Waals surface area (Å²) in [5.74, 6) is -0.879. The Morgan fingerprint density at radius 1 is 1.50 bits per heavy atom. The highest BCUT2D eigenvalue weighted by Gasteiger charge is 2.11. The fourth-order valence-electron chi connectivity index (χ4n) is 1.33. The minimum Gasteiger partial charge on any atom is -0.465 e. The van der Waals surface area contributed by atoms with Crippen molar-refractivity contribution in [2.75, 3.05) is 13.7 Å². The molecule has 0 aliphatic rings. The summed E-state index contributed by atoms with van der Waals surface area (Å²) in [6.07, 6.45) is 0. The molecule has 0 heterocycles. The zero-order chi connectivity index (χ0) is 13.5. The number of nitrogens with two attached hydrogens (primary N) is 1. The molecular weight excluding hydrogens is 236 g/mol. The van der Waals surface area contributed by atoms with Gasteiger partial charge in [-0.3, -0.25) is 4.79 Å². The molecular formula is C12H16N2O4. The summed E-state index contributed by atoms with van der Waals surface area (Å²) in [5, 5.41) is 11.3. The number of aliphatic hydroxyl groups is 1. The molecule has 0 fully saturated rings. The lowest BCUT2D eigenvalue weighted by atomic mass is 10.1. The van der Waals surface area contributed by atoms with Crippen molar-refractivity contribution in [2.24, 2.45) is 5.73 Å². The number of benzene rings is 1. The summed E-state index contributed by atoms with van der Waals surface area (Å²) in [4.78, 5) is 22.6. The standard InChI is InChI=1S/C12H16N2O4/c1-18-12(17)9-4-2-3-8(5-9)6-14-11(16)10(13)7-15/h2-5,10,15H,6-7,13H2,1H3,(H,14,16)/t10-/m0/s1. The fraction of sp³-hybridized carbons (Fsp3) is 0.333. The number of aliphatic hydroxyl groups excluding tert-OH is 1. The molecule has 1 aromatic carbocycles. The molecule has 1 atom stereocenters. The molecule has 1 rings (SSSR count). The topological polar surface area (TPSA) is 102 Å². The molecule has 1 amide bonds. The molecule has 18 heavy (non-hydrogen) atoms. The number of esters is 1. The minimum atomic E-state index is -0.936. The Morgan fingerprint density at radius 3 is 2.83 bits per heavy atom. The first kappa shape index (κ1) is 14.1. The Balaban J connectivity index is 2.63. The zero-order valence-corrected chi connectivity index (χ0v) is 10.1. The molecule has 6 heteroatoms. The number of hydrogen-bond donors (Lipinski definition) is 3. The van der Waals surface area contributed by atoms with Gasteiger partial charge in [0.05, 0.1) is 19.3 Å². The largest absolute Gasteiger partial charge is 0.465 e. The molecule has 98 valence electrons. The first-order chi connectivity index (χ1) is 8.58. The van der Waals surface area contributed by atoms with Gasteiger partial charge in [-0.2, -0.15) is 0 Å². The molecule has 0 spiro atoms. The quantitative estimate of drug-likeness (QED) is 0.608. The fourth-order valence-corrected chi connectivity index (χ4v) is 1.33. The Labute approximate surface area is 105 Å². The van der Waals surface area contributed by atoms with Crippen LogP contribution < -0.4 is 11.1 Å². The van der Waals surface area contributed by atoms with Gasteiger partial charge in [-0.05, 0) is 17.7 Å². The van der Waals surface area contributed by atoms with Crippen LogP contribution in [-0.2, 0) is 16.1 Å². The van der Waals surface area contributed by atoms with Crippen molar-refractivity contribution < 1.29 is 19.4 Å². The summed E-state index contributed by atoms with van der Waals surface area (Å²) in [7, 11) is 1.30. The SMILES string of the molecule is COC(=O)c1cccc(CNC(=O)[C@@H](N)CO)c1. The van der Waals surface area contributed by atoms with E-state index in [1.54, 1.807) is 24.3 Å². The molecule has 4 N–H and O–H groups in total. The Kier molecular flexibility index (Phi) is 5.29. The molecule has 0 aliphatic carbocycles. The lowest BCUT2D eigenvalue weighted by molar-refractivity contribution is -0.123. The van der Waals surface area contributed by atoms with Crippen molar-refractivity contribution in [3.63, 3.8) is 0 Å². The predicted octanol–water partition coefficient (Wildman–Crippen LogP) is -0.591. The molecule has 0 radical (unpaired) electrons. The average molecular weight is 252 g/mol. The number of amides is 1. The van der Waals surface area contributed by atoms with Gasteiger partial charge in [-0.15, -0.1) is 0 Å². The van der Waals surface area contributed by atoms with E-state index < -0.39 is 24.5 Å². The first-order valence-electron chi connectivity index (χ1n) is 5.40. The van der Waals surface area contributed by atoms with Crippen molar-refractivity contribution in [3.8, 4) is 0 Å². The average Bonchev–Trinajstić information content (AvgIpc) is 2.43. The summed E-state index contributed by atoms with van der Waals surface area (Å²) < 4.78 is 4.59.